The Bertz CT molecular complexity index is 481. The van der Waals surface area contributed by atoms with Crippen LogP contribution in [-0.4, -0.2) is 42.3 Å². The summed E-state index contributed by atoms with van der Waals surface area (Å²) in [6.07, 6.45) is 8.23. The van der Waals surface area contributed by atoms with Crippen molar-refractivity contribution in [2.24, 2.45) is 4.99 Å². The normalized spacial score (nSPS) is 22.6. The maximum atomic E-state index is 5.20. The van der Waals surface area contributed by atoms with Gasteiger partial charge in [0.1, 0.15) is 5.76 Å². The van der Waals surface area contributed by atoms with Gasteiger partial charge in [-0.25, -0.2) is 0 Å². The Balaban J connectivity index is 1.78. The summed E-state index contributed by atoms with van der Waals surface area (Å²) in [5, 5.41) is 11.7. The van der Waals surface area contributed by atoms with E-state index in [-0.39, 0.29) is 0 Å². The van der Waals surface area contributed by atoms with Crippen molar-refractivity contribution in [1.82, 2.24) is 15.8 Å². The maximum Gasteiger partial charge on any atom is 0.191 e. The van der Waals surface area contributed by atoms with E-state index in [2.05, 4.69) is 27.0 Å². The highest BCUT2D eigenvalue weighted by molar-refractivity contribution is 7.99. The van der Waals surface area contributed by atoms with E-state index in [1.807, 2.05) is 32.7 Å². The topological polar surface area (TPSA) is 62.5 Å². The molecule has 0 aromatic carbocycles. The summed E-state index contributed by atoms with van der Waals surface area (Å²) < 4.78 is 5.20. The molecule has 0 bridgehead atoms. The van der Waals surface area contributed by atoms with Gasteiger partial charge in [0.2, 0.25) is 0 Å². The number of aromatic nitrogens is 1. The van der Waals surface area contributed by atoms with Gasteiger partial charge in [-0.3, -0.25) is 4.99 Å². The second kappa shape index (κ2) is 8.46. The fourth-order valence-corrected chi connectivity index (χ4v) is 3.87. The molecular formula is C16H28N4OS. The molecule has 2 unspecified atom stereocenters. The number of nitrogens with one attached hydrogen (secondary N) is 2. The first-order valence-corrected chi connectivity index (χ1v) is 9.34. The third kappa shape index (κ3) is 4.66. The van der Waals surface area contributed by atoms with Gasteiger partial charge in [-0.15, -0.1) is 0 Å². The predicted octanol–water partition coefficient (Wildman–Crippen LogP) is 2.67. The fraction of sp³-hybridized carbons (Fsp3) is 0.750. The Hall–Kier alpha value is -1.17. The molecule has 0 amide bonds. The van der Waals surface area contributed by atoms with Gasteiger partial charge in [0.15, 0.2) is 5.96 Å². The van der Waals surface area contributed by atoms with Gasteiger partial charge < -0.3 is 15.2 Å². The molecule has 1 heterocycles. The zero-order valence-electron chi connectivity index (χ0n) is 14.1. The lowest BCUT2D eigenvalue weighted by molar-refractivity contribution is 0.392. The lowest BCUT2D eigenvalue weighted by Gasteiger charge is -2.29. The van der Waals surface area contributed by atoms with Crippen LogP contribution in [-0.2, 0) is 6.42 Å². The van der Waals surface area contributed by atoms with Crippen LogP contribution in [0.15, 0.2) is 9.52 Å². The van der Waals surface area contributed by atoms with Gasteiger partial charge in [0.05, 0.1) is 5.69 Å². The smallest absolute Gasteiger partial charge is 0.191 e. The van der Waals surface area contributed by atoms with Gasteiger partial charge >= 0.3 is 0 Å². The number of hydrogen-bond donors (Lipinski definition) is 2. The highest BCUT2D eigenvalue weighted by Gasteiger charge is 2.21. The molecule has 1 aliphatic carbocycles. The van der Waals surface area contributed by atoms with Crippen molar-refractivity contribution in [1.29, 1.82) is 0 Å². The number of aryl methyl sites for hydroxylation is 2. The summed E-state index contributed by atoms with van der Waals surface area (Å²) in [6.45, 7) is 4.79. The van der Waals surface area contributed by atoms with E-state index in [0.29, 0.717) is 6.04 Å². The molecule has 124 valence electrons. The van der Waals surface area contributed by atoms with Crippen LogP contribution in [0, 0.1) is 13.8 Å². The van der Waals surface area contributed by atoms with Gasteiger partial charge in [-0.05, 0) is 45.8 Å². The summed E-state index contributed by atoms with van der Waals surface area (Å²) in [6, 6.07) is 0.538. The minimum absolute atomic E-state index is 0.538. The molecule has 0 spiro atoms. The number of guanidine groups is 1. The van der Waals surface area contributed by atoms with Crippen LogP contribution < -0.4 is 10.6 Å². The van der Waals surface area contributed by atoms with Gasteiger partial charge in [0, 0.05) is 30.4 Å². The highest BCUT2D eigenvalue weighted by atomic mass is 32.2. The standard InChI is InChI=1S/C16H28N4OS/c1-11-15(12(2)21-20-11)8-9-18-16(17-3)19-13-6-5-7-14(10-13)22-4/h13-14H,5-10H2,1-4H3,(H2,17,18,19). The summed E-state index contributed by atoms with van der Waals surface area (Å²) in [5.74, 6) is 1.82. The van der Waals surface area contributed by atoms with E-state index >= 15 is 0 Å². The van der Waals surface area contributed by atoms with Crippen molar-refractivity contribution in [2.75, 3.05) is 19.8 Å². The molecule has 2 rings (SSSR count). The highest BCUT2D eigenvalue weighted by Crippen LogP contribution is 2.26. The first-order valence-electron chi connectivity index (χ1n) is 8.05. The zero-order valence-corrected chi connectivity index (χ0v) is 14.9. The molecule has 0 radical (unpaired) electrons. The Morgan fingerprint density at radius 1 is 1.41 bits per heavy atom. The lowest BCUT2D eigenvalue weighted by Crippen LogP contribution is -2.46. The Kier molecular flexibility index (Phi) is 6.61. The van der Waals surface area contributed by atoms with Crippen LogP contribution in [0.1, 0.15) is 42.7 Å². The van der Waals surface area contributed by atoms with Crippen molar-refractivity contribution in [2.45, 2.75) is 57.2 Å². The van der Waals surface area contributed by atoms with Crippen LogP contribution in [0.2, 0.25) is 0 Å². The predicted molar refractivity (Wildman–Crippen MR) is 93.7 cm³/mol. The fourth-order valence-electron chi connectivity index (χ4n) is 3.04. The molecule has 2 N–H and O–H groups in total. The Morgan fingerprint density at radius 2 is 2.23 bits per heavy atom. The molecular weight excluding hydrogens is 296 g/mol. The molecule has 2 atom stereocenters. The minimum atomic E-state index is 0.538. The Labute approximate surface area is 137 Å². The molecule has 1 saturated carbocycles. The molecule has 0 aliphatic heterocycles. The van der Waals surface area contributed by atoms with Crippen molar-refractivity contribution in [3.05, 3.63) is 17.0 Å². The third-order valence-electron chi connectivity index (χ3n) is 4.37. The quantitative estimate of drug-likeness (QED) is 0.644. The average Bonchev–Trinajstić information content (AvgIpc) is 2.85. The van der Waals surface area contributed by atoms with Crippen molar-refractivity contribution in [3.8, 4) is 0 Å². The van der Waals surface area contributed by atoms with Crippen molar-refractivity contribution >= 4 is 17.7 Å². The zero-order chi connectivity index (χ0) is 15.9. The molecule has 0 saturated heterocycles. The maximum absolute atomic E-state index is 5.20. The van der Waals surface area contributed by atoms with Crippen LogP contribution >= 0.6 is 11.8 Å². The van der Waals surface area contributed by atoms with E-state index in [1.165, 1.54) is 31.2 Å². The monoisotopic (exact) mass is 324 g/mol. The second-order valence-corrected chi connectivity index (χ2v) is 7.06. The van der Waals surface area contributed by atoms with Crippen LogP contribution in [0.4, 0.5) is 0 Å². The molecule has 5 nitrogen and oxygen atoms in total. The van der Waals surface area contributed by atoms with Crippen molar-refractivity contribution < 1.29 is 4.52 Å². The van der Waals surface area contributed by atoms with Crippen LogP contribution in [0.3, 0.4) is 0 Å². The molecule has 1 aromatic rings. The van der Waals surface area contributed by atoms with E-state index in [9.17, 15) is 0 Å². The number of aliphatic imine (C=N–C) groups is 1. The third-order valence-corrected chi connectivity index (χ3v) is 5.47. The van der Waals surface area contributed by atoms with Gasteiger partial charge in [-0.1, -0.05) is 11.6 Å². The van der Waals surface area contributed by atoms with Gasteiger partial charge in [-0.2, -0.15) is 11.8 Å². The van der Waals surface area contributed by atoms with E-state index in [0.717, 1.165) is 35.6 Å². The van der Waals surface area contributed by atoms with Gasteiger partial charge in [0.25, 0.3) is 0 Å². The molecule has 1 aromatic heterocycles. The average molecular weight is 324 g/mol. The number of rotatable bonds is 5. The van der Waals surface area contributed by atoms with E-state index < -0.39 is 0 Å². The molecule has 1 aliphatic rings. The SMILES string of the molecule is CN=C(NCCc1c(C)noc1C)NC1CCCC(SC)C1. The largest absolute Gasteiger partial charge is 0.361 e. The molecule has 1 fully saturated rings. The number of nitrogens with zero attached hydrogens (tertiary/aromatic N) is 2. The van der Waals surface area contributed by atoms with Crippen LogP contribution in [0.25, 0.3) is 0 Å². The Morgan fingerprint density at radius 3 is 2.86 bits per heavy atom. The first-order chi connectivity index (χ1) is 10.6. The summed E-state index contributed by atoms with van der Waals surface area (Å²) >= 11 is 1.99. The van der Waals surface area contributed by atoms with E-state index in [1.54, 1.807) is 0 Å². The van der Waals surface area contributed by atoms with Crippen LogP contribution in [0.5, 0.6) is 0 Å². The number of thioether (sulfide) groups is 1. The minimum Gasteiger partial charge on any atom is -0.361 e. The lowest BCUT2D eigenvalue weighted by atomic mass is 9.95. The number of hydrogen-bond acceptors (Lipinski definition) is 4. The summed E-state index contributed by atoms with van der Waals surface area (Å²) in [5.41, 5.74) is 2.18. The second-order valence-electron chi connectivity index (χ2n) is 5.92. The first kappa shape index (κ1) is 17.2. The summed E-state index contributed by atoms with van der Waals surface area (Å²) in [7, 11) is 1.83. The van der Waals surface area contributed by atoms with Crippen molar-refractivity contribution in [3.63, 3.8) is 0 Å². The molecule has 6 heteroatoms. The van der Waals surface area contributed by atoms with E-state index in [4.69, 9.17) is 4.52 Å². The molecule has 22 heavy (non-hydrogen) atoms. The summed E-state index contributed by atoms with van der Waals surface area (Å²) in [4.78, 5) is 4.35.